The first kappa shape index (κ1) is 42.3. The number of nitrogens with one attached hydrogen (secondary N) is 3. The van der Waals surface area contributed by atoms with E-state index in [1.165, 1.54) is 5.56 Å². The van der Waals surface area contributed by atoms with E-state index in [9.17, 15) is 14.4 Å². The van der Waals surface area contributed by atoms with Gasteiger partial charge in [-0.25, -0.2) is 19.7 Å². The number of hydrogen-bond acceptors (Lipinski definition) is 12. The molecule has 0 saturated carbocycles. The molecule has 1 spiro atoms. The van der Waals surface area contributed by atoms with E-state index in [1.54, 1.807) is 11.2 Å². The number of carbonyl (C=O) groups excluding carboxylic acids is 3. The Hall–Kier alpha value is -6.68. The van der Waals surface area contributed by atoms with Crippen molar-refractivity contribution in [1.29, 1.82) is 0 Å². The minimum absolute atomic E-state index is 0.0116. The molecule has 2 aromatic carbocycles. The summed E-state index contributed by atoms with van der Waals surface area (Å²) in [5.41, 5.74) is 8.10. The van der Waals surface area contributed by atoms with Crippen LogP contribution in [-0.2, 0) is 15.6 Å². The van der Waals surface area contributed by atoms with Gasteiger partial charge in [0.25, 0.3) is 0 Å². The minimum Gasteiger partial charge on any atom is -0.492 e. The predicted octanol–water partition coefficient (Wildman–Crippen LogP) is 7.26. The maximum absolute atomic E-state index is 13.0. The number of ether oxygens (including phenoxy) is 1. The van der Waals surface area contributed by atoms with Gasteiger partial charge in [0.05, 0.1) is 18.3 Å². The summed E-state index contributed by atoms with van der Waals surface area (Å²) in [5.74, 6) is 2.29. The van der Waals surface area contributed by atoms with Gasteiger partial charge < -0.3 is 29.4 Å². The molecule has 10 rings (SSSR count). The smallest absolute Gasteiger partial charge is 0.328 e. The number of fused-ring (bicyclic) bond motifs is 3. The van der Waals surface area contributed by atoms with Crippen LogP contribution in [0.4, 0.5) is 16.3 Å². The summed E-state index contributed by atoms with van der Waals surface area (Å²) in [6, 6.07) is 17.9. The molecule has 4 aliphatic rings. The monoisotopic (exact) mass is 877 g/mol. The Balaban J connectivity index is 0.727. The second kappa shape index (κ2) is 16.7. The van der Waals surface area contributed by atoms with E-state index >= 15 is 0 Å². The number of aromatic amines is 1. The maximum atomic E-state index is 13.0. The lowest BCUT2D eigenvalue weighted by atomic mass is 9.74. The van der Waals surface area contributed by atoms with Crippen molar-refractivity contribution in [3.05, 3.63) is 95.5 Å². The molecule has 16 nitrogen and oxygen atoms in total. The van der Waals surface area contributed by atoms with Crippen molar-refractivity contribution in [1.82, 2.24) is 45.6 Å². The highest BCUT2D eigenvalue weighted by Crippen LogP contribution is 2.47. The Kier molecular flexibility index (Phi) is 10.9. The lowest BCUT2D eigenvalue weighted by Crippen LogP contribution is -2.49. The van der Waals surface area contributed by atoms with E-state index in [4.69, 9.17) is 19.2 Å². The normalized spacial score (nSPS) is 18.5. The number of anilines is 2. The van der Waals surface area contributed by atoms with Gasteiger partial charge in [0.2, 0.25) is 5.91 Å². The van der Waals surface area contributed by atoms with Crippen LogP contribution >= 0.6 is 0 Å². The van der Waals surface area contributed by atoms with Gasteiger partial charge in [0.15, 0.2) is 5.82 Å². The number of piperidine rings is 2. The number of nitrogens with zero attached hydrogens (tertiary/aromatic N) is 8. The number of pyridine rings is 1. The number of rotatable bonds is 9. The number of aryl methyl sites for hydroxylation is 1. The fraction of sp³-hybridized carbons (Fsp3) is 0.429. The van der Waals surface area contributed by atoms with Gasteiger partial charge in [-0.3, -0.25) is 19.8 Å². The molecule has 3 saturated heterocycles. The van der Waals surface area contributed by atoms with E-state index in [0.29, 0.717) is 31.3 Å². The van der Waals surface area contributed by atoms with E-state index in [1.807, 2.05) is 65.1 Å². The first-order chi connectivity index (χ1) is 31.3. The molecule has 3 N–H and O–H groups in total. The quantitative estimate of drug-likeness (QED) is 0.132. The Morgan fingerprint density at radius 2 is 1.75 bits per heavy atom. The number of urea groups is 1. The molecule has 0 unspecified atom stereocenters. The molecule has 336 valence electrons. The number of likely N-dealkylation sites (tertiary alicyclic amines) is 1. The van der Waals surface area contributed by atoms with E-state index in [0.717, 1.165) is 120 Å². The zero-order valence-electron chi connectivity index (χ0n) is 37.6. The van der Waals surface area contributed by atoms with E-state index in [2.05, 4.69) is 70.9 Å². The molecule has 4 aromatic heterocycles. The SMILES string of the molecule is Cc1cc(-c2ncnc3[nH]c(-c4ccc(N5CCC(CN6CCC7(CC6)COc6cc(N8CCC(=O)NC8=O)ccc67)CC5)nc4)cc23)ccc1[C@@H](C)NC(=O)c1nc(C(C)(C)C)no1. The van der Waals surface area contributed by atoms with Crippen LogP contribution in [-0.4, -0.2) is 98.7 Å². The van der Waals surface area contributed by atoms with Gasteiger partial charge in [-0.15, -0.1) is 0 Å². The van der Waals surface area contributed by atoms with Crippen LogP contribution in [0.3, 0.4) is 0 Å². The lowest BCUT2D eigenvalue weighted by molar-refractivity contribution is -0.120. The average molecular weight is 878 g/mol. The fourth-order valence-electron chi connectivity index (χ4n) is 9.95. The van der Waals surface area contributed by atoms with Crippen molar-refractivity contribution >= 4 is 40.4 Å². The number of carbonyl (C=O) groups is 3. The van der Waals surface area contributed by atoms with Gasteiger partial charge in [-0.05, 0) is 100.0 Å². The number of imide groups is 1. The summed E-state index contributed by atoms with van der Waals surface area (Å²) >= 11 is 0. The number of hydrogen-bond donors (Lipinski definition) is 3. The fourth-order valence-corrected chi connectivity index (χ4v) is 9.95. The largest absolute Gasteiger partial charge is 0.492 e. The molecule has 3 fully saturated rings. The first-order valence-electron chi connectivity index (χ1n) is 22.7. The van der Waals surface area contributed by atoms with Crippen LogP contribution < -0.4 is 25.2 Å². The molecule has 1 atom stereocenters. The average Bonchev–Trinajstić information content (AvgIpc) is 4.06. The predicted molar refractivity (Wildman–Crippen MR) is 246 cm³/mol. The van der Waals surface area contributed by atoms with Gasteiger partial charge in [-0.2, -0.15) is 4.98 Å². The lowest BCUT2D eigenvalue weighted by Gasteiger charge is -2.41. The Morgan fingerprint density at radius 3 is 2.48 bits per heavy atom. The van der Waals surface area contributed by atoms with Crippen LogP contribution in [0.5, 0.6) is 5.75 Å². The summed E-state index contributed by atoms with van der Waals surface area (Å²) in [6.45, 7) is 16.1. The summed E-state index contributed by atoms with van der Waals surface area (Å²) in [6.07, 6.45) is 8.18. The van der Waals surface area contributed by atoms with Crippen LogP contribution in [0.15, 0.2) is 71.6 Å². The Morgan fingerprint density at radius 1 is 0.954 bits per heavy atom. The van der Waals surface area contributed by atoms with Crippen molar-refractivity contribution in [2.24, 2.45) is 5.92 Å². The number of aromatic nitrogens is 6. The highest BCUT2D eigenvalue weighted by molar-refractivity contribution is 6.05. The second-order valence-electron chi connectivity index (χ2n) is 19.2. The van der Waals surface area contributed by atoms with Crippen molar-refractivity contribution in [3.63, 3.8) is 0 Å². The molecular weight excluding hydrogens is 823 g/mol. The zero-order valence-corrected chi connectivity index (χ0v) is 37.6. The first-order valence-corrected chi connectivity index (χ1v) is 22.7. The van der Waals surface area contributed by atoms with Gasteiger partial charge in [-0.1, -0.05) is 44.1 Å². The van der Waals surface area contributed by atoms with Gasteiger partial charge in [0.1, 0.15) is 23.5 Å². The standard InChI is InChI=1S/C49H55N11O5/c1-29-22-32(6-9-35(29)30(2)53-44(62)45-56-46(57-65-45)48(3,4)5)42-36-24-38(54-43(36)52-28-51-42)33-7-11-40(50-25-33)59-17-12-31(13-18-59)26-58-20-15-49(16-21-58)27-64-39-23-34(8-10-37(39)49)60-19-14-41(61)55-47(60)63/h6-11,22-25,28,30-31H,12-21,26-27H2,1-5H3,(H,53,62)(H,51,52,54)(H,55,61,63)/t30-/m1/s1. The Bertz CT molecular complexity index is 2780. The number of H-pyrrole nitrogens is 1. The molecule has 0 aliphatic carbocycles. The van der Waals surface area contributed by atoms with Crippen LogP contribution in [0.1, 0.15) is 99.0 Å². The van der Waals surface area contributed by atoms with E-state index in [-0.39, 0.29) is 34.7 Å². The Labute approximate surface area is 377 Å². The molecule has 65 heavy (non-hydrogen) atoms. The van der Waals surface area contributed by atoms with Crippen LogP contribution in [0, 0.1) is 12.8 Å². The number of amides is 4. The molecule has 0 radical (unpaired) electrons. The summed E-state index contributed by atoms with van der Waals surface area (Å²) in [4.78, 5) is 65.6. The number of benzene rings is 2. The molecule has 8 heterocycles. The third-order valence-corrected chi connectivity index (χ3v) is 13.8. The molecule has 4 amide bonds. The van der Waals surface area contributed by atoms with Gasteiger partial charge >= 0.3 is 17.8 Å². The van der Waals surface area contributed by atoms with Crippen molar-refractivity contribution < 1.29 is 23.6 Å². The highest BCUT2D eigenvalue weighted by Gasteiger charge is 2.44. The molecule has 6 aromatic rings. The third kappa shape index (κ3) is 8.31. The third-order valence-electron chi connectivity index (χ3n) is 13.8. The molecule has 4 aliphatic heterocycles. The van der Waals surface area contributed by atoms with Crippen molar-refractivity contribution in [3.8, 4) is 28.3 Å². The second-order valence-corrected chi connectivity index (χ2v) is 19.2. The maximum Gasteiger partial charge on any atom is 0.328 e. The van der Waals surface area contributed by atoms with Crippen molar-refractivity contribution in [2.45, 2.75) is 83.6 Å². The molecule has 0 bridgehead atoms. The van der Waals surface area contributed by atoms with Crippen LogP contribution in [0.2, 0.25) is 0 Å². The molecular formula is C49H55N11O5. The van der Waals surface area contributed by atoms with E-state index < -0.39 is 5.91 Å². The summed E-state index contributed by atoms with van der Waals surface area (Å²) in [5, 5.41) is 10.3. The minimum atomic E-state index is -0.411. The highest BCUT2D eigenvalue weighted by atomic mass is 16.5. The topological polar surface area (TPSA) is 188 Å². The summed E-state index contributed by atoms with van der Waals surface area (Å²) in [7, 11) is 0. The summed E-state index contributed by atoms with van der Waals surface area (Å²) < 4.78 is 11.5. The van der Waals surface area contributed by atoms with Crippen molar-refractivity contribution in [2.75, 3.05) is 55.7 Å². The van der Waals surface area contributed by atoms with Crippen LogP contribution in [0.25, 0.3) is 33.5 Å². The molecule has 16 heteroatoms. The van der Waals surface area contributed by atoms with Gasteiger partial charge in [0, 0.05) is 89.2 Å². The zero-order chi connectivity index (χ0) is 45.0.